The van der Waals surface area contributed by atoms with Gasteiger partial charge in [0, 0.05) is 27.2 Å². The Hall–Kier alpha value is -2.08. The van der Waals surface area contributed by atoms with E-state index in [1.165, 1.54) is 5.56 Å². The van der Waals surface area contributed by atoms with Crippen molar-refractivity contribution in [1.29, 1.82) is 0 Å². The topological polar surface area (TPSA) is 66.0 Å². The molecule has 2 unspecified atom stereocenters. The Bertz CT molecular complexity index is 580. The molecule has 2 rings (SSSR count). The van der Waals surface area contributed by atoms with Crippen molar-refractivity contribution >= 4 is 11.9 Å². The molecule has 2 N–H and O–H groups in total. The van der Waals surface area contributed by atoms with Gasteiger partial charge in [-0.05, 0) is 32.3 Å². The first-order chi connectivity index (χ1) is 11.9. The molecule has 1 aromatic carbocycles. The Morgan fingerprint density at radius 1 is 1.36 bits per heavy atom. The third-order valence-electron chi connectivity index (χ3n) is 4.45. The van der Waals surface area contributed by atoms with Crippen LogP contribution in [0.2, 0.25) is 0 Å². The van der Waals surface area contributed by atoms with Crippen LogP contribution < -0.4 is 10.6 Å². The van der Waals surface area contributed by atoms with Crippen molar-refractivity contribution in [2.75, 3.05) is 33.8 Å². The number of carbonyl (C=O) groups excluding carboxylic acids is 1. The number of hydrogen-bond acceptors (Lipinski definition) is 3. The number of amides is 1. The van der Waals surface area contributed by atoms with Gasteiger partial charge in [-0.25, -0.2) is 4.99 Å². The third kappa shape index (κ3) is 6.05. The van der Waals surface area contributed by atoms with Gasteiger partial charge in [0.1, 0.15) is 6.54 Å². The molecule has 1 amide bonds. The summed E-state index contributed by atoms with van der Waals surface area (Å²) in [5.41, 5.74) is 0.989. The fourth-order valence-corrected chi connectivity index (χ4v) is 2.72. The maximum atomic E-state index is 11.9. The van der Waals surface area contributed by atoms with Crippen LogP contribution in [0.25, 0.3) is 0 Å². The highest BCUT2D eigenvalue weighted by molar-refractivity contribution is 5.85. The second-order valence-electron chi connectivity index (χ2n) is 6.99. The van der Waals surface area contributed by atoms with Crippen LogP contribution in [0.3, 0.4) is 0 Å². The van der Waals surface area contributed by atoms with Crippen LogP contribution in [-0.4, -0.2) is 56.2 Å². The molecule has 0 aromatic heterocycles. The maximum absolute atomic E-state index is 11.9. The second-order valence-corrected chi connectivity index (χ2v) is 6.99. The predicted octanol–water partition coefficient (Wildman–Crippen LogP) is 1.94. The van der Waals surface area contributed by atoms with Crippen LogP contribution in [0.1, 0.15) is 38.3 Å². The van der Waals surface area contributed by atoms with Gasteiger partial charge in [-0.15, -0.1) is 0 Å². The number of likely N-dealkylation sites (N-methyl/N-ethyl adjacent to an activating group) is 1. The van der Waals surface area contributed by atoms with Gasteiger partial charge in [0.2, 0.25) is 5.91 Å². The molecule has 1 fully saturated rings. The van der Waals surface area contributed by atoms with Gasteiger partial charge >= 0.3 is 0 Å². The van der Waals surface area contributed by atoms with E-state index in [2.05, 4.69) is 41.6 Å². The number of carbonyl (C=O) groups is 1. The van der Waals surface area contributed by atoms with E-state index in [4.69, 9.17) is 4.74 Å². The number of ether oxygens (including phenoxy) is 1. The number of benzene rings is 1. The van der Waals surface area contributed by atoms with Gasteiger partial charge in [-0.3, -0.25) is 4.79 Å². The quantitative estimate of drug-likeness (QED) is 0.610. The summed E-state index contributed by atoms with van der Waals surface area (Å²) >= 11 is 0. The third-order valence-corrected chi connectivity index (χ3v) is 4.45. The highest BCUT2D eigenvalue weighted by Crippen LogP contribution is 2.23. The average molecular weight is 346 g/mol. The molecule has 1 aliphatic heterocycles. The number of guanidine groups is 1. The van der Waals surface area contributed by atoms with Crippen molar-refractivity contribution < 1.29 is 9.53 Å². The lowest BCUT2D eigenvalue weighted by atomic mass is 10.0. The first-order valence-corrected chi connectivity index (χ1v) is 8.83. The second kappa shape index (κ2) is 8.85. The number of rotatable bonds is 6. The Morgan fingerprint density at radius 2 is 2.08 bits per heavy atom. The Balaban J connectivity index is 2.02. The molecule has 0 bridgehead atoms. The Morgan fingerprint density at radius 3 is 2.68 bits per heavy atom. The van der Waals surface area contributed by atoms with E-state index in [1.54, 1.807) is 19.0 Å². The average Bonchev–Trinajstić information content (AvgIpc) is 3.04. The zero-order valence-corrected chi connectivity index (χ0v) is 15.7. The predicted molar refractivity (Wildman–Crippen MR) is 101 cm³/mol. The number of hydrogen-bond donors (Lipinski definition) is 2. The Kier molecular flexibility index (Phi) is 6.82. The van der Waals surface area contributed by atoms with E-state index >= 15 is 0 Å². The molecule has 0 saturated carbocycles. The van der Waals surface area contributed by atoms with Crippen LogP contribution in [0.15, 0.2) is 35.3 Å². The summed E-state index contributed by atoms with van der Waals surface area (Å²) in [6.45, 7) is 5.76. The highest BCUT2D eigenvalue weighted by Gasteiger charge is 2.29. The molecule has 0 aliphatic carbocycles. The highest BCUT2D eigenvalue weighted by atomic mass is 16.5. The van der Waals surface area contributed by atoms with Gasteiger partial charge in [0.25, 0.3) is 0 Å². The summed E-state index contributed by atoms with van der Waals surface area (Å²) in [6, 6.07) is 10.3. The molecule has 1 aliphatic rings. The summed E-state index contributed by atoms with van der Waals surface area (Å²) in [4.78, 5) is 17.9. The molecule has 0 radical (unpaired) electrons. The molecule has 138 valence electrons. The lowest BCUT2D eigenvalue weighted by Gasteiger charge is -2.26. The molecule has 2 atom stereocenters. The van der Waals surface area contributed by atoms with Crippen molar-refractivity contribution in [2.24, 2.45) is 4.99 Å². The monoisotopic (exact) mass is 346 g/mol. The summed E-state index contributed by atoms with van der Waals surface area (Å²) < 4.78 is 5.82. The molecular formula is C19H30N4O2. The molecule has 1 aromatic rings. The summed E-state index contributed by atoms with van der Waals surface area (Å²) in [5, 5.41) is 6.72. The normalized spacial score (nSPS) is 21.7. The summed E-state index contributed by atoms with van der Waals surface area (Å²) in [6.07, 6.45) is 2.11. The minimum atomic E-state index is -0.177. The molecule has 6 nitrogen and oxygen atoms in total. The summed E-state index contributed by atoms with van der Waals surface area (Å²) in [7, 11) is 3.47. The minimum Gasteiger partial charge on any atom is -0.373 e. The number of nitrogens with zero attached hydrogens (tertiary/aromatic N) is 2. The number of aliphatic imine (C=N–C) groups is 1. The van der Waals surface area contributed by atoms with E-state index in [0.29, 0.717) is 12.5 Å². The Labute approximate surface area is 150 Å². The molecule has 1 heterocycles. The minimum absolute atomic E-state index is 0.0307. The lowest BCUT2D eigenvalue weighted by molar-refractivity contribution is -0.127. The number of nitrogens with one attached hydrogen (secondary N) is 2. The van der Waals surface area contributed by atoms with Crippen molar-refractivity contribution in [3.05, 3.63) is 35.9 Å². The molecule has 6 heteroatoms. The van der Waals surface area contributed by atoms with Crippen molar-refractivity contribution in [3.63, 3.8) is 0 Å². The van der Waals surface area contributed by atoms with E-state index < -0.39 is 0 Å². The molecular weight excluding hydrogens is 316 g/mol. The van der Waals surface area contributed by atoms with Crippen LogP contribution in [0, 0.1) is 0 Å². The first-order valence-electron chi connectivity index (χ1n) is 8.83. The summed E-state index contributed by atoms with van der Waals surface area (Å²) in [5.74, 6) is 0.597. The van der Waals surface area contributed by atoms with Crippen LogP contribution in [0.4, 0.5) is 0 Å². The van der Waals surface area contributed by atoms with Crippen LogP contribution in [-0.2, 0) is 9.53 Å². The molecule has 0 spiro atoms. The van der Waals surface area contributed by atoms with Gasteiger partial charge in [-0.2, -0.15) is 0 Å². The van der Waals surface area contributed by atoms with Gasteiger partial charge < -0.3 is 20.3 Å². The van der Waals surface area contributed by atoms with Gasteiger partial charge in [-0.1, -0.05) is 30.3 Å². The first kappa shape index (κ1) is 19.2. The van der Waals surface area contributed by atoms with Crippen LogP contribution >= 0.6 is 0 Å². The van der Waals surface area contributed by atoms with E-state index in [9.17, 15) is 4.79 Å². The lowest BCUT2D eigenvalue weighted by Crippen LogP contribution is -2.46. The fraction of sp³-hybridized carbons (Fsp3) is 0.579. The van der Waals surface area contributed by atoms with Crippen molar-refractivity contribution in [2.45, 2.75) is 38.3 Å². The van der Waals surface area contributed by atoms with E-state index in [0.717, 1.165) is 19.4 Å². The van der Waals surface area contributed by atoms with Gasteiger partial charge in [0.15, 0.2) is 5.96 Å². The van der Waals surface area contributed by atoms with E-state index in [1.807, 2.05) is 18.2 Å². The maximum Gasteiger partial charge on any atom is 0.243 e. The zero-order valence-electron chi connectivity index (χ0n) is 15.7. The fourth-order valence-electron chi connectivity index (χ4n) is 2.72. The largest absolute Gasteiger partial charge is 0.373 e. The van der Waals surface area contributed by atoms with E-state index in [-0.39, 0.29) is 24.1 Å². The standard InChI is InChI=1S/C19H30N4O2/c1-15(16-9-6-5-7-10-16)22-18(20-13-17(24)23(3)4)21-14-19(2)11-8-12-25-19/h5-7,9-10,15H,8,11-14H2,1-4H3,(H2,20,21,22). The zero-order chi connectivity index (χ0) is 18.3. The SMILES string of the molecule is CC(NC(=NCC(=O)N(C)C)NCC1(C)CCCO1)c1ccccc1. The van der Waals surface area contributed by atoms with Crippen molar-refractivity contribution in [1.82, 2.24) is 15.5 Å². The smallest absolute Gasteiger partial charge is 0.243 e. The van der Waals surface area contributed by atoms with Crippen molar-refractivity contribution in [3.8, 4) is 0 Å². The van der Waals surface area contributed by atoms with Crippen LogP contribution in [0.5, 0.6) is 0 Å². The molecule has 25 heavy (non-hydrogen) atoms. The van der Waals surface area contributed by atoms with Gasteiger partial charge in [0.05, 0.1) is 11.6 Å². The molecule has 1 saturated heterocycles.